The lowest BCUT2D eigenvalue weighted by atomic mass is 9.93. The second-order valence-corrected chi connectivity index (χ2v) is 5.91. The minimum atomic E-state index is -0.363. The van der Waals surface area contributed by atoms with E-state index in [1.165, 1.54) is 23.8 Å². The van der Waals surface area contributed by atoms with Crippen LogP contribution in [-0.4, -0.2) is 12.4 Å². The fraction of sp³-hybridized carbons (Fsp3) is 0.235. The summed E-state index contributed by atoms with van der Waals surface area (Å²) in [6.45, 7) is 0.625. The maximum Gasteiger partial charge on any atom is 0.166 e. The first-order valence-corrected chi connectivity index (χ1v) is 7.62. The highest BCUT2D eigenvalue weighted by molar-refractivity contribution is 9.10. The quantitative estimate of drug-likeness (QED) is 0.764. The summed E-state index contributed by atoms with van der Waals surface area (Å²) >= 11 is 3.24. The van der Waals surface area contributed by atoms with Gasteiger partial charge in [-0.2, -0.15) is 0 Å². The van der Waals surface area contributed by atoms with E-state index in [2.05, 4.69) is 22.0 Å². The molecule has 2 aromatic carbocycles. The van der Waals surface area contributed by atoms with Crippen LogP contribution in [0.2, 0.25) is 0 Å². The number of rotatable bonds is 3. The van der Waals surface area contributed by atoms with Crippen LogP contribution in [0, 0.1) is 5.82 Å². The van der Waals surface area contributed by atoms with E-state index in [9.17, 15) is 9.18 Å². The van der Waals surface area contributed by atoms with Crippen LogP contribution in [0.4, 0.5) is 4.39 Å². The van der Waals surface area contributed by atoms with Crippen LogP contribution in [0.15, 0.2) is 46.9 Å². The van der Waals surface area contributed by atoms with Crippen LogP contribution in [0.25, 0.3) is 0 Å². The van der Waals surface area contributed by atoms with Crippen molar-refractivity contribution in [3.8, 4) is 0 Å². The van der Waals surface area contributed by atoms with Gasteiger partial charge < -0.3 is 4.74 Å². The van der Waals surface area contributed by atoms with Gasteiger partial charge in [0.05, 0.1) is 12.7 Å². The Morgan fingerprint density at radius 1 is 1.29 bits per heavy atom. The second-order valence-electron chi connectivity index (χ2n) is 5.06. The molecule has 0 bridgehead atoms. The van der Waals surface area contributed by atoms with Gasteiger partial charge in [-0.1, -0.05) is 24.3 Å². The molecule has 1 heterocycles. The largest absolute Gasteiger partial charge is 0.373 e. The number of benzene rings is 2. The molecule has 0 fully saturated rings. The van der Waals surface area contributed by atoms with E-state index in [1.54, 1.807) is 0 Å². The zero-order valence-electron chi connectivity index (χ0n) is 11.3. The zero-order valence-corrected chi connectivity index (χ0v) is 12.9. The summed E-state index contributed by atoms with van der Waals surface area (Å²) in [4.78, 5) is 12.4. The minimum Gasteiger partial charge on any atom is -0.373 e. The molecule has 0 spiro atoms. The molecule has 2 nitrogen and oxygen atoms in total. The molecule has 3 rings (SSSR count). The minimum absolute atomic E-state index is 0.0522. The van der Waals surface area contributed by atoms with Gasteiger partial charge >= 0.3 is 0 Å². The van der Waals surface area contributed by atoms with Gasteiger partial charge in [0.25, 0.3) is 0 Å². The maximum absolute atomic E-state index is 13.1. The zero-order chi connectivity index (χ0) is 14.8. The Labute approximate surface area is 131 Å². The highest BCUT2D eigenvalue weighted by Gasteiger charge is 2.24. The van der Waals surface area contributed by atoms with Crippen LogP contribution < -0.4 is 0 Å². The average Bonchev–Trinajstić information content (AvgIpc) is 2.47. The van der Waals surface area contributed by atoms with E-state index in [4.69, 9.17) is 4.74 Å². The van der Waals surface area contributed by atoms with E-state index in [0.717, 1.165) is 12.0 Å². The molecule has 1 aliphatic rings. The number of hydrogen-bond acceptors (Lipinski definition) is 2. The Morgan fingerprint density at radius 2 is 2.10 bits per heavy atom. The predicted molar refractivity (Wildman–Crippen MR) is 81.9 cm³/mol. The molecule has 0 saturated carbocycles. The first-order valence-electron chi connectivity index (χ1n) is 6.83. The SMILES string of the molecule is O=C(CC1OCCc2ccccc21)c1ccc(F)cc1Br. The molecule has 1 atom stereocenters. The summed E-state index contributed by atoms with van der Waals surface area (Å²) in [5, 5.41) is 0. The van der Waals surface area contributed by atoms with Crippen molar-refractivity contribution in [2.24, 2.45) is 0 Å². The van der Waals surface area contributed by atoms with Gasteiger partial charge in [-0.05, 0) is 51.7 Å². The molecule has 21 heavy (non-hydrogen) atoms. The van der Waals surface area contributed by atoms with E-state index in [-0.39, 0.29) is 24.1 Å². The van der Waals surface area contributed by atoms with Crippen molar-refractivity contribution in [3.63, 3.8) is 0 Å². The number of hydrogen-bond donors (Lipinski definition) is 0. The van der Waals surface area contributed by atoms with Gasteiger partial charge in [0.1, 0.15) is 5.82 Å². The summed E-state index contributed by atoms with van der Waals surface area (Å²) in [6, 6.07) is 12.2. The van der Waals surface area contributed by atoms with Crippen molar-refractivity contribution in [1.82, 2.24) is 0 Å². The van der Waals surface area contributed by atoms with E-state index >= 15 is 0 Å². The number of carbonyl (C=O) groups excluding carboxylic acids is 1. The summed E-state index contributed by atoms with van der Waals surface area (Å²) in [5.74, 6) is -0.415. The van der Waals surface area contributed by atoms with Crippen molar-refractivity contribution in [2.45, 2.75) is 18.9 Å². The monoisotopic (exact) mass is 348 g/mol. The number of ketones is 1. The number of halogens is 2. The Bertz CT molecular complexity index is 684. The summed E-state index contributed by atoms with van der Waals surface area (Å²) in [7, 11) is 0. The summed E-state index contributed by atoms with van der Waals surface area (Å²) in [5.41, 5.74) is 2.80. The normalized spacial score (nSPS) is 17.3. The molecule has 0 radical (unpaired) electrons. The highest BCUT2D eigenvalue weighted by Crippen LogP contribution is 2.31. The standard InChI is InChI=1S/C17H14BrFO2/c18-15-9-12(19)5-6-14(15)16(20)10-17-13-4-2-1-3-11(13)7-8-21-17/h1-6,9,17H,7-8,10H2. The number of carbonyl (C=O) groups is 1. The van der Waals surface area contributed by atoms with Crippen molar-refractivity contribution in [2.75, 3.05) is 6.61 Å². The van der Waals surface area contributed by atoms with Crippen molar-refractivity contribution >= 4 is 21.7 Å². The average molecular weight is 349 g/mol. The molecule has 4 heteroatoms. The topological polar surface area (TPSA) is 26.3 Å². The van der Waals surface area contributed by atoms with Gasteiger partial charge in [0.15, 0.2) is 5.78 Å². The third-order valence-electron chi connectivity index (χ3n) is 3.69. The molecule has 1 aliphatic heterocycles. The molecular formula is C17H14BrFO2. The number of fused-ring (bicyclic) bond motifs is 1. The summed E-state index contributed by atoms with van der Waals surface area (Å²) < 4.78 is 19.3. The fourth-order valence-electron chi connectivity index (χ4n) is 2.64. The van der Waals surface area contributed by atoms with Crippen LogP contribution in [0.5, 0.6) is 0 Å². The molecule has 0 amide bonds. The van der Waals surface area contributed by atoms with E-state index in [1.807, 2.05) is 18.2 Å². The van der Waals surface area contributed by atoms with E-state index < -0.39 is 0 Å². The van der Waals surface area contributed by atoms with Gasteiger partial charge in [-0.3, -0.25) is 4.79 Å². The molecule has 0 N–H and O–H groups in total. The maximum atomic E-state index is 13.1. The lowest BCUT2D eigenvalue weighted by Crippen LogP contribution is -2.19. The smallest absolute Gasteiger partial charge is 0.166 e. The molecule has 108 valence electrons. The van der Waals surface area contributed by atoms with Crippen LogP contribution in [0.3, 0.4) is 0 Å². The lowest BCUT2D eigenvalue weighted by Gasteiger charge is -2.25. The summed E-state index contributed by atoms with van der Waals surface area (Å²) in [6.07, 6.45) is 0.918. The molecule has 0 saturated heterocycles. The van der Waals surface area contributed by atoms with Crippen molar-refractivity contribution < 1.29 is 13.9 Å². The third kappa shape index (κ3) is 3.06. The second kappa shape index (κ2) is 6.08. The predicted octanol–water partition coefficient (Wildman–Crippen LogP) is 4.48. The molecule has 2 aromatic rings. The van der Waals surface area contributed by atoms with Crippen molar-refractivity contribution in [1.29, 1.82) is 0 Å². The Hall–Kier alpha value is -1.52. The van der Waals surface area contributed by atoms with Gasteiger partial charge in [-0.15, -0.1) is 0 Å². The van der Waals surface area contributed by atoms with Gasteiger partial charge in [0.2, 0.25) is 0 Å². The first kappa shape index (κ1) is 14.4. The lowest BCUT2D eigenvalue weighted by molar-refractivity contribution is 0.0351. The first-order chi connectivity index (χ1) is 10.1. The number of ether oxygens (including phenoxy) is 1. The van der Waals surface area contributed by atoms with Gasteiger partial charge in [0, 0.05) is 16.5 Å². The molecular weight excluding hydrogens is 335 g/mol. The van der Waals surface area contributed by atoms with Crippen LogP contribution in [0.1, 0.15) is 34.0 Å². The van der Waals surface area contributed by atoms with E-state index in [0.29, 0.717) is 16.6 Å². The molecule has 0 aromatic heterocycles. The molecule has 0 aliphatic carbocycles. The third-order valence-corrected chi connectivity index (χ3v) is 4.35. The van der Waals surface area contributed by atoms with Crippen LogP contribution >= 0.6 is 15.9 Å². The van der Waals surface area contributed by atoms with Crippen molar-refractivity contribution in [3.05, 3.63) is 69.4 Å². The fourth-order valence-corrected chi connectivity index (χ4v) is 3.21. The number of Topliss-reactive ketones (excluding diaryl/α,β-unsaturated/α-hetero) is 1. The van der Waals surface area contributed by atoms with Gasteiger partial charge in [-0.25, -0.2) is 4.39 Å². The van der Waals surface area contributed by atoms with Crippen LogP contribution in [-0.2, 0) is 11.2 Å². The Morgan fingerprint density at radius 3 is 2.90 bits per heavy atom. The Balaban J connectivity index is 1.83. The Kier molecular flexibility index (Phi) is 4.17. The molecule has 1 unspecified atom stereocenters. The highest BCUT2D eigenvalue weighted by atomic mass is 79.9.